The molecular formula is C17H14ClNO5S. The maximum Gasteiger partial charge on any atom is 0.363 e. The lowest BCUT2D eigenvalue weighted by Gasteiger charge is -2.13. The van der Waals surface area contributed by atoms with Gasteiger partial charge in [-0.25, -0.2) is 9.79 Å². The fraction of sp³-hybridized carbons (Fsp3) is 0.176. The van der Waals surface area contributed by atoms with Crippen molar-refractivity contribution in [3.05, 3.63) is 44.7 Å². The van der Waals surface area contributed by atoms with Crippen molar-refractivity contribution in [2.24, 2.45) is 4.99 Å². The molecule has 1 aliphatic heterocycles. The summed E-state index contributed by atoms with van der Waals surface area (Å²) in [6, 6.07) is 6.89. The largest absolute Gasteiger partial charge is 0.493 e. The lowest BCUT2D eigenvalue weighted by Crippen LogP contribution is -2.06. The molecule has 0 fully saturated rings. The minimum absolute atomic E-state index is 0.165. The highest BCUT2D eigenvalue weighted by molar-refractivity contribution is 7.17. The van der Waals surface area contributed by atoms with E-state index >= 15 is 0 Å². The predicted molar refractivity (Wildman–Crippen MR) is 96.0 cm³/mol. The molecule has 3 rings (SSSR count). The van der Waals surface area contributed by atoms with Gasteiger partial charge in [0.15, 0.2) is 17.2 Å². The Hall–Kier alpha value is -2.51. The van der Waals surface area contributed by atoms with E-state index in [1.165, 1.54) is 32.7 Å². The number of hydrogen-bond donors (Lipinski definition) is 0. The average Bonchev–Trinajstić information content (AvgIpc) is 3.19. The van der Waals surface area contributed by atoms with Gasteiger partial charge in [-0.1, -0.05) is 11.6 Å². The van der Waals surface area contributed by atoms with Crippen molar-refractivity contribution in [2.45, 2.75) is 0 Å². The summed E-state index contributed by atoms with van der Waals surface area (Å²) in [5.74, 6) is 0.963. The predicted octanol–water partition coefficient (Wildman–Crippen LogP) is 3.77. The molecule has 0 amide bonds. The maximum absolute atomic E-state index is 12.1. The number of rotatable bonds is 5. The van der Waals surface area contributed by atoms with E-state index in [2.05, 4.69) is 4.99 Å². The van der Waals surface area contributed by atoms with E-state index < -0.39 is 5.97 Å². The van der Waals surface area contributed by atoms with Gasteiger partial charge in [0.25, 0.3) is 0 Å². The maximum atomic E-state index is 12.1. The number of hydrogen-bond acceptors (Lipinski definition) is 7. The highest BCUT2D eigenvalue weighted by atomic mass is 35.5. The van der Waals surface area contributed by atoms with Crippen molar-refractivity contribution in [2.75, 3.05) is 21.3 Å². The summed E-state index contributed by atoms with van der Waals surface area (Å²) in [7, 11) is 4.53. The summed E-state index contributed by atoms with van der Waals surface area (Å²) < 4.78 is 21.8. The second kappa shape index (κ2) is 7.16. The number of thiophene rings is 1. The van der Waals surface area contributed by atoms with Crippen LogP contribution >= 0.6 is 22.9 Å². The zero-order chi connectivity index (χ0) is 18.0. The third-order valence-electron chi connectivity index (χ3n) is 3.41. The Bertz CT molecular complexity index is 862. The van der Waals surface area contributed by atoms with Gasteiger partial charge in [0, 0.05) is 10.4 Å². The standard InChI is InChI=1S/C17H14ClNO5S/c1-21-12-6-9(7-13(22-2)15(12)23-3)16-19-11(17(20)24-16)8-10-4-5-14(18)25-10/h4-8H,1-3H3. The number of carbonyl (C=O) groups is 1. The minimum atomic E-state index is -0.534. The molecule has 0 aliphatic carbocycles. The molecule has 6 nitrogen and oxygen atoms in total. The summed E-state index contributed by atoms with van der Waals surface area (Å²) in [5, 5.41) is 0. The number of methoxy groups -OCH3 is 3. The molecule has 0 bridgehead atoms. The number of benzene rings is 1. The van der Waals surface area contributed by atoms with Crippen LogP contribution in [0.4, 0.5) is 0 Å². The Morgan fingerprint density at radius 1 is 1.12 bits per heavy atom. The quantitative estimate of drug-likeness (QED) is 0.584. The minimum Gasteiger partial charge on any atom is -0.493 e. The fourth-order valence-corrected chi connectivity index (χ4v) is 3.28. The third-order valence-corrected chi connectivity index (χ3v) is 4.58. The molecule has 2 aromatic rings. The highest BCUT2D eigenvalue weighted by Gasteiger charge is 2.26. The molecule has 130 valence electrons. The Labute approximate surface area is 153 Å². The Balaban J connectivity index is 2.00. The molecule has 0 spiro atoms. The van der Waals surface area contributed by atoms with Crippen molar-refractivity contribution in [1.82, 2.24) is 0 Å². The molecule has 0 radical (unpaired) electrons. The first kappa shape index (κ1) is 17.3. The van der Waals surface area contributed by atoms with E-state index in [-0.39, 0.29) is 11.6 Å². The van der Waals surface area contributed by atoms with Crippen LogP contribution in [0.3, 0.4) is 0 Å². The number of halogens is 1. The summed E-state index contributed by atoms with van der Waals surface area (Å²) >= 11 is 7.25. The van der Waals surface area contributed by atoms with Gasteiger partial charge in [-0.05, 0) is 30.3 Å². The summed E-state index contributed by atoms with van der Waals surface area (Å²) in [5.41, 5.74) is 0.734. The SMILES string of the molecule is COc1cc(C2=NC(=Cc3ccc(Cl)s3)C(=O)O2)cc(OC)c1OC. The van der Waals surface area contributed by atoms with Gasteiger partial charge in [-0.3, -0.25) is 0 Å². The Morgan fingerprint density at radius 3 is 2.32 bits per heavy atom. The normalized spacial score (nSPS) is 15.1. The van der Waals surface area contributed by atoms with Crippen LogP contribution in [0.15, 0.2) is 35.0 Å². The summed E-state index contributed by atoms with van der Waals surface area (Å²) in [6.07, 6.45) is 1.63. The monoisotopic (exact) mass is 379 g/mol. The smallest absolute Gasteiger partial charge is 0.363 e. The zero-order valence-electron chi connectivity index (χ0n) is 13.7. The summed E-state index contributed by atoms with van der Waals surface area (Å²) in [6.45, 7) is 0. The highest BCUT2D eigenvalue weighted by Crippen LogP contribution is 2.39. The van der Waals surface area contributed by atoms with Crippen molar-refractivity contribution >= 4 is 40.9 Å². The van der Waals surface area contributed by atoms with E-state index in [9.17, 15) is 4.79 Å². The summed E-state index contributed by atoms with van der Waals surface area (Å²) in [4.78, 5) is 17.2. The molecule has 0 unspecified atom stereocenters. The van der Waals surface area contributed by atoms with Gasteiger partial charge in [-0.15, -0.1) is 11.3 Å². The third kappa shape index (κ3) is 3.47. The first-order valence-electron chi connectivity index (χ1n) is 7.14. The molecule has 0 saturated carbocycles. The van der Waals surface area contributed by atoms with Crippen LogP contribution in [-0.2, 0) is 9.53 Å². The first-order valence-corrected chi connectivity index (χ1v) is 8.33. The van der Waals surface area contributed by atoms with Crippen molar-refractivity contribution < 1.29 is 23.7 Å². The van der Waals surface area contributed by atoms with Gasteiger partial charge < -0.3 is 18.9 Å². The van der Waals surface area contributed by atoms with E-state index in [1.54, 1.807) is 30.3 Å². The van der Waals surface area contributed by atoms with Crippen LogP contribution in [0.25, 0.3) is 6.08 Å². The van der Waals surface area contributed by atoms with Crippen LogP contribution in [0.2, 0.25) is 4.34 Å². The van der Waals surface area contributed by atoms with E-state index in [0.717, 1.165) is 4.88 Å². The molecule has 1 aromatic heterocycles. The lowest BCUT2D eigenvalue weighted by atomic mass is 10.2. The van der Waals surface area contributed by atoms with Gasteiger partial charge in [0.05, 0.1) is 25.7 Å². The molecule has 0 saturated heterocycles. The van der Waals surface area contributed by atoms with Crippen LogP contribution in [0.5, 0.6) is 17.2 Å². The molecular weight excluding hydrogens is 366 g/mol. The van der Waals surface area contributed by atoms with E-state index in [1.807, 2.05) is 0 Å². The van der Waals surface area contributed by atoms with Gasteiger partial charge >= 0.3 is 5.97 Å². The molecule has 2 heterocycles. The number of cyclic esters (lactones) is 1. The van der Waals surface area contributed by atoms with Crippen molar-refractivity contribution in [3.8, 4) is 17.2 Å². The molecule has 0 atom stereocenters. The first-order chi connectivity index (χ1) is 12.0. The number of esters is 1. The zero-order valence-corrected chi connectivity index (χ0v) is 15.2. The van der Waals surface area contributed by atoms with Crippen LogP contribution in [0.1, 0.15) is 10.4 Å². The number of aliphatic imine (C=N–C) groups is 1. The Kier molecular flexibility index (Phi) is 4.96. The molecule has 1 aliphatic rings. The van der Waals surface area contributed by atoms with Crippen LogP contribution < -0.4 is 14.2 Å². The van der Waals surface area contributed by atoms with Gasteiger partial charge in [-0.2, -0.15) is 0 Å². The van der Waals surface area contributed by atoms with E-state index in [0.29, 0.717) is 27.1 Å². The molecule has 1 aromatic carbocycles. The average molecular weight is 380 g/mol. The number of carbonyl (C=O) groups excluding carboxylic acids is 1. The topological polar surface area (TPSA) is 66.4 Å². The number of ether oxygens (including phenoxy) is 4. The van der Waals surface area contributed by atoms with Crippen LogP contribution in [0, 0.1) is 0 Å². The van der Waals surface area contributed by atoms with Crippen LogP contribution in [-0.4, -0.2) is 33.2 Å². The van der Waals surface area contributed by atoms with Gasteiger partial charge in [0.1, 0.15) is 0 Å². The van der Waals surface area contributed by atoms with Crippen molar-refractivity contribution in [1.29, 1.82) is 0 Å². The van der Waals surface area contributed by atoms with Gasteiger partial charge in [0.2, 0.25) is 11.6 Å². The molecule has 8 heteroatoms. The Morgan fingerprint density at radius 2 is 1.80 bits per heavy atom. The second-order valence-electron chi connectivity index (χ2n) is 4.89. The second-order valence-corrected chi connectivity index (χ2v) is 6.64. The fourth-order valence-electron chi connectivity index (χ4n) is 2.28. The van der Waals surface area contributed by atoms with Crippen molar-refractivity contribution in [3.63, 3.8) is 0 Å². The lowest BCUT2D eigenvalue weighted by molar-refractivity contribution is -0.129. The number of nitrogens with zero attached hydrogens (tertiary/aromatic N) is 1. The molecule has 0 N–H and O–H groups in total. The molecule has 25 heavy (non-hydrogen) atoms. The van der Waals surface area contributed by atoms with E-state index in [4.69, 9.17) is 30.5 Å².